The van der Waals surface area contributed by atoms with Gasteiger partial charge in [-0.3, -0.25) is 0 Å². The minimum atomic E-state index is 0.404. The highest BCUT2D eigenvalue weighted by Crippen LogP contribution is 2.28. The van der Waals surface area contributed by atoms with E-state index in [-0.39, 0.29) is 0 Å². The van der Waals surface area contributed by atoms with Crippen LogP contribution < -0.4 is 0 Å². The summed E-state index contributed by atoms with van der Waals surface area (Å²) in [6.07, 6.45) is 2.68. The highest BCUT2D eigenvalue weighted by molar-refractivity contribution is 5.87. The summed E-state index contributed by atoms with van der Waals surface area (Å²) in [5, 5.41) is 12.6. The molecule has 1 saturated heterocycles. The summed E-state index contributed by atoms with van der Waals surface area (Å²) in [5.74, 6) is 0.404. The molecular formula is C18H24N2O. The van der Waals surface area contributed by atoms with Crippen LogP contribution in [0.2, 0.25) is 0 Å². The molecule has 0 radical (unpaired) electrons. The van der Waals surface area contributed by atoms with Crippen LogP contribution >= 0.6 is 0 Å². The second kappa shape index (κ2) is 6.46. The number of rotatable bonds is 5. The van der Waals surface area contributed by atoms with Gasteiger partial charge in [0, 0.05) is 25.2 Å². The monoisotopic (exact) mass is 284 g/mol. The smallest absolute Gasteiger partial charge is 0.120 e. The predicted molar refractivity (Wildman–Crippen MR) is 87.6 cm³/mol. The van der Waals surface area contributed by atoms with Gasteiger partial charge in [0.1, 0.15) is 5.75 Å². The number of hydrogen-bond acceptors (Lipinski definition) is 3. The van der Waals surface area contributed by atoms with E-state index in [1.54, 1.807) is 0 Å². The lowest BCUT2D eigenvalue weighted by Gasteiger charge is -2.22. The molecule has 1 N–H and O–H groups in total. The lowest BCUT2D eigenvalue weighted by Crippen LogP contribution is -2.31. The number of likely N-dealkylation sites (tertiary alicyclic amines) is 1. The molecule has 0 saturated carbocycles. The number of benzene rings is 2. The topological polar surface area (TPSA) is 26.7 Å². The third kappa shape index (κ3) is 3.36. The van der Waals surface area contributed by atoms with Crippen LogP contribution in [0, 0.1) is 0 Å². The van der Waals surface area contributed by atoms with Gasteiger partial charge in [0.25, 0.3) is 0 Å². The van der Waals surface area contributed by atoms with Crippen LogP contribution in [0.3, 0.4) is 0 Å². The molecule has 1 heterocycles. The molecule has 21 heavy (non-hydrogen) atoms. The molecule has 3 rings (SSSR count). The number of likely N-dealkylation sites (N-methyl/N-ethyl adjacent to an activating group) is 1. The fraction of sp³-hybridized carbons (Fsp3) is 0.444. The van der Waals surface area contributed by atoms with E-state index in [2.05, 4.69) is 29.0 Å². The normalized spacial score (nSPS) is 16.1. The molecule has 0 aromatic heterocycles. The summed E-state index contributed by atoms with van der Waals surface area (Å²) >= 11 is 0. The van der Waals surface area contributed by atoms with Crippen molar-refractivity contribution in [1.29, 1.82) is 0 Å². The van der Waals surface area contributed by atoms with Crippen molar-refractivity contribution in [3.8, 4) is 5.75 Å². The molecule has 0 bridgehead atoms. The third-order valence-corrected chi connectivity index (χ3v) is 4.44. The van der Waals surface area contributed by atoms with Crippen LogP contribution in [0.25, 0.3) is 10.8 Å². The van der Waals surface area contributed by atoms with Gasteiger partial charge in [-0.05, 0) is 49.8 Å². The second-order valence-corrected chi connectivity index (χ2v) is 6.07. The first kappa shape index (κ1) is 14.4. The van der Waals surface area contributed by atoms with Gasteiger partial charge < -0.3 is 14.9 Å². The van der Waals surface area contributed by atoms with Crippen LogP contribution in [0.5, 0.6) is 5.75 Å². The fourth-order valence-corrected chi connectivity index (χ4v) is 3.16. The largest absolute Gasteiger partial charge is 0.508 e. The molecule has 3 heteroatoms. The van der Waals surface area contributed by atoms with Crippen molar-refractivity contribution in [1.82, 2.24) is 9.80 Å². The Balaban J connectivity index is 1.70. The molecule has 2 aromatic rings. The van der Waals surface area contributed by atoms with E-state index in [9.17, 15) is 5.11 Å². The van der Waals surface area contributed by atoms with Gasteiger partial charge in [0.15, 0.2) is 0 Å². The van der Waals surface area contributed by atoms with Crippen molar-refractivity contribution in [2.75, 3.05) is 33.2 Å². The first-order chi connectivity index (χ1) is 10.2. The molecule has 0 amide bonds. The molecule has 1 aliphatic heterocycles. The van der Waals surface area contributed by atoms with E-state index in [0.29, 0.717) is 5.75 Å². The van der Waals surface area contributed by atoms with Crippen LogP contribution in [0.15, 0.2) is 36.4 Å². The number of phenols is 1. The summed E-state index contributed by atoms with van der Waals surface area (Å²) in [4.78, 5) is 4.83. The molecule has 1 aliphatic rings. The quantitative estimate of drug-likeness (QED) is 0.914. The standard InChI is InChI=1S/C18H24N2O/c1-19(12-13-20-10-4-5-11-20)14-17-16-7-3-2-6-15(16)8-9-18(17)21/h2-3,6-9,21H,4-5,10-14H2,1H3. The lowest BCUT2D eigenvalue weighted by molar-refractivity contribution is 0.251. The van der Waals surface area contributed by atoms with Gasteiger partial charge in [-0.15, -0.1) is 0 Å². The summed E-state index contributed by atoms with van der Waals surface area (Å²) in [7, 11) is 2.14. The van der Waals surface area contributed by atoms with E-state index in [1.807, 2.05) is 24.3 Å². The predicted octanol–water partition coefficient (Wildman–Crippen LogP) is 3.07. The van der Waals surface area contributed by atoms with Crippen molar-refractivity contribution >= 4 is 10.8 Å². The van der Waals surface area contributed by atoms with Gasteiger partial charge in [-0.2, -0.15) is 0 Å². The van der Waals surface area contributed by atoms with E-state index in [0.717, 1.165) is 30.6 Å². The van der Waals surface area contributed by atoms with E-state index in [1.165, 1.54) is 31.3 Å². The highest BCUT2D eigenvalue weighted by Gasteiger charge is 2.13. The summed E-state index contributed by atoms with van der Waals surface area (Å²) in [5.41, 5.74) is 1.04. The zero-order valence-corrected chi connectivity index (χ0v) is 12.8. The van der Waals surface area contributed by atoms with E-state index < -0.39 is 0 Å². The number of phenolic OH excluding ortho intramolecular Hbond substituents is 1. The summed E-state index contributed by atoms with van der Waals surface area (Å²) in [6.45, 7) is 5.45. The Kier molecular flexibility index (Phi) is 4.42. The molecule has 0 atom stereocenters. The minimum absolute atomic E-state index is 0.404. The maximum atomic E-state index is 10.2. The Morgan fingerprint density at radius 3 is 2.67 bits per heavy atom. The SMILES string of the molecule is CN(CCN1CCCC1)Cc1c(O)ccc2ccccc12. The van der Waals surface area contributed by atoms with E-state index in [4.69, 9.17) is 0 Å². The number of hydrogen-bond donors (Lipinski definition) is 1. The Labute approximate surface area is 126 Å². The molecule has 1 fully saturated rings. The Morgan fingerprint density at radius 2 is 1.86 bits per heavy atom. The molecule has 2 aromatic carbocycles. The van der Waals surface area contributed by atoms with Gasteiger partial charge >= 0.3 is 0 Å². The minimum Gasteiger partial charge on any atom is -0.508 e. The zero-order chi connectivity index (χ0) is 14.7. The van der Waals surface area contributed by atoms with Crippen molar-refractivity contribution in [2.24, 2.45) is 0 Å². The van der Waals surface area contributed by atoms with Crippen molar-refractivity contribution < 1.29 is 5.11 Å². The molecule has 112 valence electrons. The highest BCUT2D eigenvalue weighted by atomic mass is 16.3. The molecule has 0 unspecified atom stereocenters. The van der Waals surface area contributed by atoms with Gasteiger partial charge in [-0.25, -0.2) is 0 Å². The molecule has 0 spiro atoms. The molecule has 3 nitrogen and oxygen atoms in total. The summed E-state index contributed by atoms with van der Waals surface area (Å²) in [6, 6.07) is 12.1. The fourth-order valence-electron chi connectivity index (χ4n) is 3.16. The number of aromatic hydroxyl groups is 1. The van der Waals surface area contributed by atoms with E-state index >= 15 is 0 Å². The molecular weight excluding hydrogens is 260 g/mol. The van der Waals surface area contributed by atoms with Crippen LogP contribution in [0.4, 0.5) is 0 Å². The first-order valence-corrected chi connectivity index (χ1v) is 7.84. The van der Waals surface area contributed by atoms with Gasteiger partial charge in [0.05, 0.1) is 0 Å². The van der Waals surface area contributed by atoms with Crippen molar-refractivity contribution in [2.45, 2.75) is 19.4 Å². The zero-order valence-electron chi connectivity index (χ0n) is 12.8. The van der Waals surface area contributed by atoms with Crippen LogP contribution in [0.1, 0.15) is 18.4 Å². The Morgan fingerprint density at radius 1 is 1.10 bits per heavy atom. The van der Waals surface area contributed by atoms with Crippen LogP contribution in [-0.2, 0) is 6.54 Å². The Bertz CT molecular complexity index is 605. The van der Waals surface area contributed by atoms with Crippen molar-refractivity contribution in [3.05, 3.63) is 42.0 Å². The number of fused-ring (bicyclic) bond motifs is 1. The second-order valence-electron chi connectivity index (χ2n) is 6.07. The molecule has 0 aliphatic carbocycles. The third-order valence-electron chi connectivity index (χ3n) is 4.44. The Hall–Kier alpha value is -1.58. The summed E-state index contributed by atoms with van der Waals surface area (Å²) < 4.78 is 0. The van der Waals surface area contributed by atoms with Gasteiger partial charge in [-0.1, -0.05) is 30.3 Å². The van der Waals surface area contributed by atoms with Gasteiger partial charge in [0.2, 0.25) is 0 Å². The number of nitrogens with zero attached hydrogens (tertiary/aromatic N) is 2. The maximum Gasteiger partial charge on any atom is 0.120 e. The average Bonchev–Trinajstić information content (AvgIpc) is 3.01. The lowest BCUT2D eigenvalue weighted by atomic mass is 10.0. The first-order valence-electron chi connectivity index (χ1n) is 7.84. The van der Waals surface area contributed by atoms with Crippen molar-refractivity contribution in [3.63, 3.8) is 0 Å². The average molecular weight is 284 g/mol. The maximum absolute atomic E-state index is 10.2. The van der Waals surface area contributed by atoms with Crippen LogP contribution in [-0.4, -0.2) is 48.1 Å².